The number of halogens is 1. The van der Waals surface area contributed by atoms with Crippen LogP contribution in [0, 0.1) is 0 Å². The van der Waals surface area contributed by atoms with Gasteiger partial charge in [0.1, 0.15) is 10.8 Å². The molecule has 2 heterocycles. The maximum Gasteiger partial charge on any atom is 0.275 e. The average molecular weight is 469 g/mol. The fraction of sp³-hybridized carbons (Fsp3) is 0.217. The van der Waals surface area contributed by atoms with E-state index in [1.54, 1.807) is 12.1 Å². The predicted octanol–water partition coefficient (Wildman–Crippen LogP) is 4.29. The minimum Gasteiger partial charge on any atom is -0.483 e. The van der Waals surface area contributed by atoms with Crippen LogP contribution >= 0.6 is 22.9 Å². The Bertz CT molecular complexity index is 1330. The molecule has 0 saturated heterocycles. The summed E-state index contributed by atoms with van der Waals surface area (Å²) in [5, 5.41) is 8.31. The highest BCUT2D eigenvalue weighted by atomic mass is 35.5. The molecule has 0 spiro atoms. The zero-order valence-corrected chi connectivity index (χ0v) is 19.1. The van der Waals surface area contributed by atoms with Crippen LogP contribution < -0.4 is 15.6 Å². The maximum atomic E-state index is 12.5. The lowest BCUT2D eigenvalue weighted by molar-refractivity contribution is -0.123. The van der Waals surface area contributed by atoms with Crippen LogP contribution in [0.15, 0.2) is 59.4 Å². The molecule has 0 bridgehead atoms. The number of benzene rings is 2. The van der Waals surface area contributed by atoms with E-state index in [2.05, 4.69) is 29.2 Å². The van der Waals surface area contributed by atoms with Crippen molar-refractivity contribution in [3.8, 4) is 16.3 Å². The fourth-order valence-corrected chi connectivity index (χ4v) is 4.27. The van der Waals surface area contributed by atoms with Gasteiger partial charge in [-0.2, -0.15) is 9.61 Å². The number of para-hydroxylation sites is 1. The molecule has 1 amide bonds. The minimum absolute atomic E-state index is 0.115. The second-order valence-electron chi connectivity index (χ2n) is 7.46. The Morgan fingerprint density at radius 3 is 2.78 bits per heavy atom. The Morgan fingerprint density at radius 1 is 1.19 bits per heavy atom. The first-order valence-electron chi connectivity index (χ1n) is 10.0. The number of nitrogens with zero attached hydrogens (tertiary/aromatic N) is 3. The maximum absolute atomic E-state index is 12.5. The minimum atomic E-state index is -0.314. The van der Waals surface area contributed by atoms with Gasteiger partial charge in [0.25, 0.3) is 11.5 Å². The number of amides is 1. The molecular weight excluding hydrogens is 448 g/mol. The number of hydrogen-bond donors (Lipinski definition) is 1. The molecule has 0 radical (unpaired) electrons. The van der Waals surface area contributed by atoms with Crippen molar-refractivity contribution in [2.24, 2.45) is 0 Å². The van der Waals surface area contributed by atoms with Gasteiger partial charge < -0.3 is 10.1 Å². The normalized spacial score (nSPS) is 11.1. The molecule has 0 aliphatic rings. The van der Waals surface area contributed by atoms with Crippen LogP contribution in [0.3, 0.4) is 0 Å². The number of rotatable bonds is 7. The van der Waals surface area contributed by atoms with Gasteiger partial charge in [-0.1, -0.05) is 67.1 Å². The summed E-state index contributed by atoms with van der Waals surface area (Å²) in [6.07, 6.45) is 0. The van der Waals surface area contributed by atoms with Gasteiger partial charge in [-0.25, -0.2) is 4.98 Å². The fourth-order valence-electron chi connectivity index (χ4n) is 3.16. The van der Waals surface area contributed by atoms with Gasteiger partial charge in [0.15, 0.2) is 6.61 Å². The Morgan fingerprint density at radius 2 is 2.00 bits per heavy atom. The van der Waals surface area contributed by atoms with E-state index >= 15 is 0 Å². The van der Waals surface area contributed by atoms with Crippen LogP contribution in [0.1, 0.15) is 31.0 Å². The topological polar surface area (TPSA) is 85.6 Å². The summed E-state index contributed by atoms with van der Waals surface area (Å²) < 4.78 is 6.94. The van der Waals surface area contributed by atoms with Crippen molar-refractivity contribution in [1.82, 2.24) is 19.9 Å². The van der Waals surface area contributed by atoms with Crippen LogP contribution in [0.25, 0.3) is 15.5 Å². The van der Waals surface area contributed by atoms with Gasteiger partial charge in [-0.15, -0.1) is 0 Å². The molecule has 0 aliphatic carbocycles. The van der Waals surface area contributed by atoms with E-state index in [9.17, 15) is 9.59 Å². The highest BCUT2D eigenvalue weighted by Gasteiger charge is 2.13. The quantitative estimate of drug-likeness (QED) is 0.437. The zero-order chi connectivity index (χ0) is 22.7. The molecule has 0 saturated carbocycles. The van der Waals surface area contributed by atoms with Crippen molar-refractivity contribution < 1.29 is 9.53 Å². The summed E-state index contributed by atoms with van der Waals surface area (Å²) in [5.74, 6) is 0.678. The second kappa shape index (κ2) is 9.50. The van der Waals surface area contributed by atoms with Crippen molar-refractivity contribution in [3.05, 3.63) is 81.2 Å². The lowest BCUT2D eigenvalue weighted by Gasteiger charge is -2.13. The number of carbonyl (C=O) groups is 1. The standard InChI is InChI=1S/C23H21ClN4O3S/c1-14(2)18-8-3-4-9-19(18)31-13-20(29)25-12-17-11-21(30)28-23(26-17)32-22(27-28)15-6-5-7-16(24)10-15/h3-11,14H,12-13H2,1-2H3,(H,25,29). The number of aromatic nitrogens is 3. The second-order valence-corrected chi connectivity index (χ2v) is 8.85. The van der Waals surface area contributed by atoms with Crippen LogP contribution in [0.2, 0.25) is 5.02 Å². The van der Waals surface area contributed by atoms with E-state index in [1.807, 2.05) is 36.4 Å². The predicted molar refractivity (Wildman–Crippen MR) is 125 cm³/mol. The largest absolute Gasteiger partial charge is 0.483 e. The summed E-state index contributed by atoms with van der Waals surface area (Å²) in [6.45, 7) is 4.13. The molecule has 164 valence electrons. The number of ether oxygens (including phenoxy) is 1. The first-order chi connectivity index (χ1) is 15.4. The van der Waals surface area contributed by atoms with Gasteiger partial charge in [0.2, 0.25) is 4.96 Å². The van der Waals surface area contributed by atoms with E-state index in [-0.39, 0.29) is 30.5 Å². The summed E-state index contributed by atoms with van der Waals surface area (Å²) in [4.78, 5) is 29.6. The number of carbonyl (C=O) groups excluding carboxylic acids is 1. The highest BCUT2D eigenvalue weighted by molar-refractivity contribution is 7.19. The molecular formula is C23H21ClN4O3S. The van der Waals surface area contributed by atoms with Crippen molar-refractivity contribution >= 4 is 33.8 Å². The third kappa shape index (κ3) is 4.98. The molecule has 0 unspecified atom stereocenters. The van der Waals surface area contributed by atoms with Gasteiger partial charge >= 0.3 is 0 Å². The number of fused-ring (bicyclic) bond motifs is 1. The molecule has 1 N–H and O–H groups in total. The summed E-state index contributed by atoms with van der Waals surface area (Å²) in [5.41, 5.74) is 1.99. The van der Waals surface area contributed by atoms with Crippen molar-refractivity contribution in [2.75, 3.05) is 6.61 Å². The van der Waals surface area contributed by atoms with E-state index < -0.39 is 0 Å². The monoisotopic (exact) mass is 468 g/mol. The Labute approximate surface area is 193 Å². The van der Waals surface area contributed by atoms with Gasteiger partial charge in [-0.05, 0) is 29.7 Å². The van der Waals surface area contributed by atoms with Crippen LogP contribution in [-0.4, -0.2) is 27.1 Å². The van der Waals surface area contributed by atoms with Crippen LogP contribution in [0.4, 0.5) is 0 Å². The van der Waals surface area contributed by atoms with E-state index in [4.69, 9.17) is 16.3 Å². The van der Waals surface area contributed by atoms with Gasteiger partial charge in [0.05, 0.1) is 12.2 Å². The molecule has 32 heavy (non-hydrogen) atoms. The summed E-state index contributed by atoms with van der Waals surface area (Å²) >= 11 is 7.33. The Hall–Kier alpha value is -3.23. The lowest BCUT2D eigenvalue weighted by atomic mass is 10.0. The summed E-state index contributed by atoms with van der Waals surface area (Å²) in [7, 11) is 0. The number of nitrogens with one attached hydrogen (secondary N) is 1. The van der Waals surface area contributed by atoms with Gasteiger partial charge in [0, 0.05) is 16.7 Å². The van der Waals surface area contributed by atoms with E-state index in [1.165, 1.54) is 21.9 Å². The molecule has 9 heteroatoms. The number of hydrogen-bond acceptors (Lipinski definition) is 6. The first-order valence-corrected chi connectivity index (χ1v) is 11.2. The molecule has 2 aromatic heterocycles. The Kier molecular flexibility index (Phi) is 6.53. The molecule has 0 fully saturated rings. The van der Waals surface area contributed by atoms with Crippen LogP contribution in [-0.2, 0) is 11.3 Å². The van der Waals surface area contributed by atoms with Gasteiger partial charge in [-0.3, -0.25) is 9.59 Å². The average Bonchev–Trinajstić information content (AvgIpc) is 3.21. The zero-order valence-electron chi connectivity index (χ0n) is 17.5. The van der Waals surface area contributed by atoms with E-state index in [0.29, 0.717) is 26.4 Å². The molecule has 2 aromatic carbocycles. The van der Waals surface area contributed by atoms with Crippen molar-refractivity contribution in [3.63, 3.8) is 0 Å². The Balaban J connectivity index is 1.43. The molecule has 4 aromatic rings. The molecule has 7 nitrogen and oxygen atoms in total. The van der Waals surface area contributed by atoms with Crippen molar-refractivity contribution in [1.29, 1.82) is 0 Å². The van der Waals surface area contributed by atoms with E-state index in [0.717, 1.165) is 11.1 Å². The molecule has 0 aliphatic heterocycles. The first kappa shape index (κ1) is 22.0. The smallest absolute Gasteiger partial charge is 0.275 e. The lowest BCUT2D eigenvalue weighted by Crippen LogP contribution is -2.29. The third-order valence-electron chi connectivity index (χ3n) is 4.74. The SMILES string of the molecule is CC(C)c1ccccc1OCC(=O)NCc1cc(=O)n2nc(-c3cccc(Cl)c3)sc2n1. The molecule has 4 rings (SSSR count). The third-order valence-corrected chi connectivity index (χ3v) is 5.93. The summed E-state index contributed by atoms with van der Waals surface area (Å²) in [6, 6.07) is 16.3. The highest BCUT2D eigenvalue weighted by Crippen LogP contribution is 2.27. The van der Waals surface area contributed by atoms with Crippen molar-refractivity contribution in [2.45, 2.75) is 26.3 Å². The molecule has 0 atom stereocenters. The van der Waals surface area contributed by atoms with Crippen LogP contribution in [0.5, 0.6) is 5.75 Å².